The van der Waals surface area contributed by atoms with Gasteiger partial charge in [0.25, 0.3) is 0 Å². The second-order valence-corrected chi connectivity index (χ2v) is 9.46. The molecule has 4 rings (SSSR count). The fourth-order valence-corrected chi connectivity index (χ4v) is 4.69. The van der Waals surface area contributed by atoms with E-state index in [1.54, 1.807) is 30.3 Å². The van der Waals surface area contributed by atoms with Gasteiger partial charge in [-0.3, -0.25) is 9.59 Å². The molecule has 2 N–H and O–H groups in total. The quantitative estimate of drug-likeness (QED) is 0.477. The molecule has 3 aromatic rings. The summed E-state index contributed by atoms with van der Waals surface area (Å²) in [6, 6.07) is 14.3. The molecule has 2 aromatic carbocycles. The van der Waals surface area contributed by atoms with Crippen LogP contribution in [0.5, 0.6) is 11.5 Å². The van der Waals surface area contributed by atoms with Crippen molar-refractivity contribution in [2.24, 2.45) is 0 Å². The number of carbonyl (C=O) groups excluding carboxylic acids is 2. The van der Waals surface area contributed by atoms with Gasteiger partial charge in [0.1, 0.15) is 5.76 Å². The molecule has 0 fully saturated rings. The van der Waals surface area contributed by atoms with Crippen LogP contribution in [-0.4, -0.2) is 37.9 Å². The number of anilines is 1. The number of furan rings is 1. The van der Waals surface area contributed by atoms with E-state index in [1.165, 1.54) is 37.5 Å². The monoisotopic (exact) mass is 485 g/mol. The molecule has 1 aromatic heterocycles. The lowest BCUT2D eigenvalue weighted by Crippen LogP contribution is -2.40. The lowest BCUT2D eigenvalue weighted by atomic mass is 10.2. The zero-order valence-corrected chi connectivity index (χ0v) is 19.1. The molecule has 1 aliphatic rings. The van der Waals surface area contributed by atoms with Gasteiger partial charge in [0, 0.05) is 19.2 Å². The second-order valence-electron chi connectivity index (χ2n) is 7.52. The molecule has 0 radical (unpaired) electrons. The van der Waals surface area contributed by atoms with Gasteiger partial charge in [-0.15, -0.1) is 0 Å². The number of hydrogen-bond acceptors (Lipinski definition) is 7. The van der Waals surface area contributed by atoms with Crippen molar-refractivity contribution < 1.29 is 31.9 Å². The lowest BCUT2D eigenvalue weighted by molar-refractivity contribution is -0.121. The first kappa shape index (κ1) is 23.3. The van der Waals surface area contributed by atoms with Crippen molar-refractivity contribution in [2.75, 3.05) is 18.7 Å². The minimum absolute atomic E-state index is 0.0169. The summed E-state index contributed by atoms with van der Waals surface area (Å²) in [5, 5.41) is 5.32. The number of nitrogens with one attached hydrogen (secondary N) is 2. The second kappa shape index (κ2) is 9.98. The minimum Gasteiger partial charge on any atom is -0.468 e. The van der Waals surface area contributed by atoms with Crippen LogP contribution in [0.25, 0.3) is 0 Å². The van der Waals surface area contributed by atoms with E-state index >= 15 is 0 Å². The SMILES string of the molecule is CC(=O)Nc1ccc(S(=O)(=O)N(CC(=O)NCc2ccc3c(c2)OCO3)Cc2ccco2)cc1. The fourth-order valence-electron chi connectivity index (χ4n) is 3.33. The Kier molecular flexibility index (Phi) is 6.85. The Hall–Kier alpha value is -3.83. The number of nitrogens with zero attached hydrogens (tertiary/aromatic N) is 1. The molecule has 0 unspecified atom stereocenters. The van der Waals surface area contributed by atoms with E-state index in [9.17, 15) is 18.0 Å². The maximum absolute atomic E-state index is 13.3. The highest BCUT2D eigenvalue weighted by molar-refractivity contribution is 7.89. The summed E-state index contributed by atoms with van der Waals surface area (Å²) in [5.41, 5.74) is 1.25. The molecule has 2 heterocycles. The molecule has 0 atom stereocenters. The van der Waals surface area contributed by atoms with Gasteiger partial charge in [-0.25, -0.2) is 8.42 Å². The number of sulfonamides is 1. The summed E-state index contributed by atoms with van der Waals surface area (Å²) in [6.45, 7) is 1.16. The third-order valence-electron chi connectivity index (χ3n) is 4.97. The molecule has 0 aliphatic carbocycles. The fraction of sp³-hybridized carbons (Fsp3) is 0.217. The predicted molar refractivity (Wildman–Crippen MR) is 121 cm³/mol. The highest BCUT2D eigenvalue weighted by atomic mass is 32.2. The first-order valence-electron chi connectivity index (χ1n) is 10.4. The van der Waals surface area contributed by atoms with E-state index in [2.05, 4.69) is 10.6 Å². The molecule has 178 valence electrons. The molecule has 10 nitrogen and oxygen atoms in total. The number of amides is 2. The van der Waals surface area contributed by atoms with E-state index in [0.717, 1.165) is 9.87 Å². The summed E-state index contributed by atoms with van der Waals surface area (Å²) in [6.07, 6.45) is 1.43. The van der Waals surface area contributed by atoms with Crippen molar-refractivity contribution in [1.29, 1.82) is 0 Å². The van der Waals surface area contributed by atoms with Gasteiger partial charge in [-0.2, -0.15) is 4.31 Å². The summed E-state index contributed by atoms with van der Waals surface area (Å²) < 4.78 is 43.6. The maximum atomic E-state index is 13.3. The number of hydrogen-bond donors (Lipinski definition) is 2. The lowest BCUT2D eigenvalue weighted by Gasteiger charge is -2.21. The number of carbonyl (C=O) groups is 2. The van der Waals surface area contributed by atoms with Crippen LogP contribution in [0.2, 0.25) is 0 Å². The van der Waals surface area contributed by atoms with Gasteiger partial charge >= 0.3 is 0 Å². The highest BCUT2D eigenvalue weighted by Gasteiger charge is 2.28. The molecule has 11 heteroatoms. The minimum atomic E-state index is -4.05. The first-order chi connectivity index (χ1) is 16.3. The third kappa shape index (κ3) is 5.56. The Morgan fingerprint density at radius 3 is 2.50 bits per heavy atom. The average molecular weight is 486 g/mol. The Balaban J connectivity index is 1.47. The largest absolute Gasteiger partial charge is 0.468 e. The summed E-state index contributed by atoms with van der Waals surface area (Å²) in [4.78, 5) is 23.9. The van der Waals surface area contributed by atoms with E-state index in [-0.39, 0.29) is 30.7 Å². The highest BCUT2D eigenvalue weighted by Crippen LogP contribution is 2.32. The van der Waals surface area contributed by atoms with Crippen molar-refractivity contribution in [3.05, 3.63) is 72.2 Å². The molecular formula is C23H23N3O7S. The van der Waals surface area contributed by atoms with Gasteiger partial charge in [-0.05, 0) is 54.1 Å². The van der Waals surface area contributed by atoms with Gasteiger partial charge < -0.3 is 24.5 Å². The van der Waals surface area contributed by atoms with Crippen molar-refractivity contribution in [2.45, 2.75) is 24.9 Å². The van der Waals surface area contributed by atoms with Crippen LogP contribution in [0.3, 0.4) is 0 Å². The van der Waals surface area contributed by atoms with E-state index in [0.29, 0.717) is 22.9 Å². The van der Waals surface area contributed by atoms with E-state index in [1.807, 2.05) is 0 Å². The molecule has 0 spiro atoms. The number of fused-ring (bicyclic) bond motifs is 1. The smallest absolute Gasteiger partial charge is 0.243 e. The van der Waals surface area contributed by atoms with E-state index < -0.39 is 22.5 Å². The summed E-state index contributed by atoms with van der Waals surface area (Å²) >= 11 is 0. The Morgan fingerprint density at radius 2 is 1.79 bits per heavy atom. The number of ether oxygens (including phenoxy) is 2. The number of benzene rings is 2. The van der Waals surface area contributed by atoms with Gasteiger partial charge in [0.05, 0.1) is 24.2 Å². The first-order valence-corrected chi connectivity index (χ1v) is 11.8. The molecule has 0 saturated carbocycles. The van der Waals surface area contributed by atoms with Crippen molar-refractivity contribution >= 4 is 27.5 Å². The van der Waals surface area contributed by atoms with Crippen molar-refractivity contribution in [3.8, 4) is 11.5 Å². The summed E-state index contributed by atoms with van der Waals surface area (Å²) in [7, 11) is -4.05. The average Bonchev–Trinajstić information content (AvgIpc) is 3.49. The Morgan fingerprint density at radius 1 is 1.03 bits per heavy atom. The van der Waals surface area contributed by atoms with Crippen LogP contribution >= 0.6 is 0 Å². The van der Waals surface area contributed by atoms with Gasteiger partial charge in [0.2, 0.25) is 28.6 Å². The van der Waals surface area contributed by atoms with Crippen LogP contribution in [-0.2, 0) is 32.7 Å². The zero-order valence-electron chi connectivity index (χ0n) is 18.3. The molecule has 0 saturated heterocycles. The van der Waals surface area contributed by atoms with Crippen LogP contribution in [0, 0.1) is 0 Å². The van der Waals surface area contributed by atoms with Crippen molar-refractivity contribution in [1.82, 2.24) is 9.62 Å². The molecule has 2 amide bonds. The van der Waals surface area contributed by atoms with Crippen LogP contribution in [0.1, 0.15) is 18.2 Å². The standard InChI is InChI=1S/C23H23N3O7S/c1-16(27)25-18-5-7-20(8-6-18)34(29,30)26(13-19-3-2-10-31-19)14-23(28)24-12-17-4-9-21-22(11-17)33-15-32-21/h2-11H,12-15H2,1H3,(H,24,28)(H,25,27). The van der Waals surface area contributed by atoms with Crippen LogP contribution in [0.4, 0.5) is 5.69 Å². The maximum Gasteiger partial charge on any atom is 0.243 e. The third-order valence-corrected chi connectivity index (χ3v) is 6.78. The molecular weight excluding hydrogens is 462 g/mol. The molecule has 34 heavy (non-hydrogen) atoms. The summed E-state index contributed by atoms with van der Waals surface area (Å²) in [5.74, 6) is 0.866. The predicted octanol–water partition coefficient (Wildman–Crippen LogP) is 2.47. The van der Waals surface area contributed by atoms with Crippen LogP contribution < -0.4 is 20.1 Å². The zero-order chi connectivity index (χ0) is 24.1. The van der Waals surface area contributed by atoms with Gasteiger partial charge in [0.15, 0.2) is 11.5 Å². The molecule has 1 aliphatic heterocycles. The van der Waals surface area contributed by atoms with Gasteiger partial charge in [-0.1, -0.05) is 6.07 Å². The molecule has 0 bridgehead atoms. The van der Waals surface area contributed by atoms with E-state index in [4.69, 9.17) is 13.9 Å². The Labute approximate surface area is 196 Å². The topological polar surface area (TPSA) is 127 Å². The van der Waals surface area contributed by atoms with Crippen LogP contribution in [0.15, 0.2) is 70.2 Å². The normalized spacial score (nSPS) is 12.5. The van der Waals surface area contributed by atoms with Crippen molar-refractivity contribution in [3.63, 3.8) is 0 Å². The Bertz CT molecular complexity index is 1270. The number of rotatable bonds is 9.